The number of aliphatic hydroxyl groups is 1. The molecule has 2 aromatic rings. The van der Waals surface area contributed by atoms with E-state index in [4.69, 9.17) is 21.3 Å². The van der Waals surface area contributed by atoms with Crippen LogP contribution in [0, 0.1) is 18.9 Å². The fourth-order valence-electron chi connectivity index (χ4n) is 4.46. The molecule has 198 valence electrons. The van der Waals surface area contributed by atoms with Crippen molar-refractivity contribution in [2.24, 2.45) is 16.5 Å². The Bertz CT molecular complexity index is 1190. The van der Waals surface area contributed by atoms with Crippen LogP contribution in [-0.2, 0) is 14.3 Å². The summed E-state index contributed by atoms with van der Waals surface area (Å²) in [6.07, 6.45) is 4.40. The Morgan fingerprint density at radius 1 is 1.05 bits per heavy atom. The SMILES string of the molecule is CB(O)N1C(c2ccc(O)cc2)CC[C@H]1C(N)=O.Cc1ccc(C2=N[C@H](C(N)=O)CC2)cc1.O=BC#CO. The monoisotopic (exact) mass is 518 g/mol. The molecule has 0 saturated carbocycles. The minimum atomic E-state index is -0.733. The molecule has 0 spiro atoms. The van der Waals surface area contributed by atoms with Crippen LogP contribution in [0.2, 0.25) is 6.82 Å². The average molecular weight is 518 g/mol. The van der Waals surface area contributed by atoms with Crippen molar-refractivity contribution in [1.29, 1.82) is 0 Å². The van der Waals surface area contributed by atoms with Gasteiger partial charge in [0.2, 0.25) is 11.8 Å². The van der Waals surface area contributed by atoms with E-state index in [0.29, 0.717) is 13.6 Å². The van der Waals surface area contributed by atoms with Crippen molar-refractivity contribution in [3.8, 4) is 17.7 Å². The Labute approximate surface area is 223 Å². The van der Waals surface area contributed by atoms with Crippen LogP contribution in [-0.4, -0.2) is 63.9 Å². The van der Waals surface area contributed by atoms with Gasteiger partial charge in [-0.3, -0.25) is 14.6 Å². The van der Waals surface area contributed by atoms with Gasteiger partial charge < -0.3 is 26.4 Å². The second-order valence-electron chi connectivity index (χ2n) is 8.95. The van der Waals surface area contributed by atoms with Crippen LogP contribution in [0.25, 0.3) is 0 Å². The second-order valence-corrected chi connectivity index (χ2v) is 8.95. The van der Waals surface area contributed by atoms with Crippen LogP contribution < -0.4 is 11.5 Å². The number of nitrogens with zero attached hydrogens (tertiary/aromatic N) is 2. The van der Waals surface area contributed by atoms with Gasteiger partial charge in [-0.2, -0.15) is 0 Å². The molecule has 2 aromatic carbocycles. The van der Waals surface area contributed by atoms with Gasteiger partial charge in [0.15, 0.2) is 0 Å². The molecule has 4 rings (SSSR count). The number of hydrogen-bond acceptors (Lipinski definition) is 8. The van der Waals surface area contributed by atoms with Crippen LogP contribution in [0.1, 0.15) is 48.4 Å². The number of primary amides is 2. The Morgan fingerprint density at radius 3 is 2.13 bits per heavy atom. The Hall–Kier alpha value is -3.94. The number of phenolic OH excluding ortho intramolecular Hbond substituents is 1. The molecule has 0 aromatic heterocycles. The number of amides is 2. The van der Waals surface area contributed by atoms with Gasteiger partial charge in [0, 0.05) is 11.8 Å². The number of aryl methyl sites for hydroxylation is 1. The maximum atomic E-state index is 11.4. The predicted molar refractivity (Wildman–Crippen MR) is 145 cm³/mol. The zero-order valence-electron chi connectivity index (χ0n) is 21.4. The molecule has 2 amide bonds. The van der Waals surface area contributed by atoms with E-state index in [1.165, 1.54) is 11.7 Å². The van der Waals surface area contributed by atoms with E-state index in [1.807, 2.05) is 19.1 Å². The van der Waals surface area contributed by atoms with Gasteiger partial charge in [-0.25, -0.2) is 0 Å². The van der Waals surface area contributed by atoms with Crippen LogP contribution in [0.3, 0.4) is 0 Å². The van der Waals surface area contributed by atoms with Crippen LogP contribution in [0.5, 0.6) is 5.75 Å². The van der Waals surface area contributed by atoms with E-state index in [1.54, 1.807) is 41.7 Å². The number of aromatic hydroxyl groups is 1. The van der Waals surface area contributed by atoms with Crippen LogP contribution in [0.4, 0.5) is 0 Å². The molecular formula is C26H32B2N4O6. The first-order chi connectivity index (χ1) is 18.1. The number of aliphatic imine (C=N–C) groups is 1. The zero-order valence-corrected chi connectivity index (χ0v) is 21.4. The molecule has 0 radical (unpaired) electrons. The standard InChI is InChI=1S/C12H17BN2O3.C12H14N2O.C2HBO2/c1-13(18)15-10(6-7-11(15)12(14)17)8-2-4-9(16)5-3-8;1-8-2-4-9(5-3-8)10-6-7-11(14-10)12(13)15;4-2-1-3-5/h2-5,10-11,16,18H,6-7H2,1H3,(H2,14,17);2-5,11H,6-7H2,1H3,(H2,13,15);4H/t10?,11-;11-;/m00./s1. The molecule has 1 unspecified atom stereocenters. The van der Waals surface area contributed by atoms with Gasteiger partial charge in [-0.1, -0.05) is 42.0 Å². The van der Waals surface area contributed by atoms with Gasteiger partial charge in [-0.05, 0) is 62.7 Å². The molecule has 0 bridgehead atoms. The predicted octanol–water partition coefficient (Wildman–Crippen LogP) is 1.25. The molecule has 3 atom stereocenters. The normalized spacial score (nSPS) is 19.8. The Balaban J connectivity index is 0.000000230. The van der Waals surface area contributed by atoms with E-state index in [2.05, 4.69) is 17.1 Å². The first-order valence-electron chi connectivity index (χ1n) is 12.1. The maximum absolute atomic E-state index is 11.4. The summed E-state index contributed by atoms with van der Waals surface area (Å²) in [5.74, 6) is 1.21. The van der Waals surface area contributed by atoms with Gasteiger partial charge in [0.25, 0.3) is 0 Å². The van der Waals surface area contributed by atoms with E-state index in [0.717, 1.165) is 36.1 Å². The number of aliphatic hydroxyl groups excluding tert-OH is 1. The number of rotatable bonds is 5. The number of benzene rings is 2. The Morgan fingerprint density at radius 2 is 1.68 bits per heavy atom. The van der Waals surface area contributed by atoms with Crippen molar-refractivity contribution < 1.29 is 29.5 Å². The van der Waals surface area contributed by atoms with Crippen molar-refractivity contribution in [3.05, 3.63) is 65.2 Å². The molecule has 2 aliphatic rings. The summed E-state index contributed by atoms with van der Waals surface area (Å²) in [7, 11) is -0.413. The molecule has 0 aliphatic carbocycles. The van der Waals surface area contributed by atoms with Crippen molar-refractivity contribution in [2.75, 3.05) is 0 Å². The van der Waals surface area contributed by atoms with Crippen molar-refractivity contribution in [1.82, 2.24) is 4.81 Å². The summed E-state index contributed by atoms with van der Waals surface area (Å²) in [5.41, 5.74) is 14.9. The third kappa shape index (κ3) is 8.57. The summed E-state index contributed by atoms with van der Waals surface area (Å²) in [5, 5.41) is 26.6. The molecule has 10 nitrogen and oxygen atoms in total. The fraction of sp³-hybridized carbons (Fsp3) is 0.346. The van der Waals surface area contributed by atoms with E-state index in [9.17, 15) is 19.7 Å². The zero-order chi connectivity index (χ0) is 28.2. The van der Waals surface area contributed by atoms with Gasteiger partial charge >= 0.3 is 35.9 Å². The van der Waals surface area contributed by atoms with Crippen LogP contribution in [0.15, 0.2) is 53.5 Å². The second kappa shape index (κ2) is 14.7. The van der Waals surface area contributed by atoms with Gasteiger partial charge in [0.1, 0.15) is 11.8 Å². The summed E-state index contributed by atoms with van der Waals surface area (Å²) in [4.78, 5) is 28.4. The Kier molecular flexibility index (Phi) is 11.7. The van der Waals surface area contributed by atoms with Crippen molar-refractivity contribution in [2.45, 2.75) is 57.6 Å². The van der Waals surface area contributed by atoms with E-state index < -0.39 is 19.0 Å². The average Bonchev–Trinajstić information content (AvgIpc) is 3.55. The van der Waals surface area contributed by atoms with Crippen LogP contribution >= 0.6 is 0 Å². The summed E-state index contributed by atoms with van der Waals surface area (Å²) in [6, 6.07) is 14.2. The first-order valence-corrected chi connectivity index (χ1v) is 12.1. The van der Waals surface area contributed by atoms with Gasteiger partial charge in [-0.15, -0.1) is 0 Å². The number of carbonyl (C=O) groups excluding carboxylic acids is 2. The van der Waals surface area contributed by atoms with Crippen molar-refractivity contribution >= 4 is 31.7 Å². The molecule has 7 N–H and O–H groups in total. The topological polar surface area (TPSA) is 180 Å². The van der Waals surface area contributed by atoms with E-state index in [-0.39, 0.29) is 23.7 Å². The molecule has 1 saturated heterocycles. The third-order valence-corrected chi connectivity index (χ3v) is 6.27. The minimum absolute atomic E-state index is 0.0388. The fourth-order valence-corrected chi connectivity index (χ4v) is 4.46. The number of carbonyl (C=O) groups is 2. The molecule has 2 heterocycles. The first kappa shape index (κ1) is 30.3. The van der Waals surface area contributed by atoms with Gasteiger partial charge in [0.05, 0.1) is 6.04 Å². The summed E-state index contributed by atoms with van der Waals surface area (Å²) >= 11 is 0. The third-order valence-electron chi connectivity index (χ3n) is 6.27. The quantitative estimate of drug-likeness (QED) is 0.292. The number of phenols is 1. The molecular weight excluding hydrogens is 486 g/mol. The van der Waals surface area contributed by atoms with E-state index >= 15 is 0 Å². The molecule has 1 fully saturated rings. The molecule has 38 heavy (non-hydrogen) atoms. The number of nitrogens with two attached hydrogens (primary N) is 2. The summed E-state index contributed by atoms with van der Waals surface area (Å²) in [6.45, 7) is 3.68. The van der Waals surface area contributed by atoms with Crippen molar-refractivity contribution in [3.63, 3.8) is 0 Å². The summed E-state index contributed by atoms with van der Waals surface area (Å²) < 4.78 is 9.07. The number of hydrogen-bond donors (Lipinski definition) is 5. The molecule has 2 aliphatic heterocycles. The molecule has 12 heteroatoms.